The highest BCUT2D eigenvalue weighted by Gasteiger charge is 2.40. The van der Waals surface area contributed by atoms with E-state index in [1.807, 2.05) is 0 Å². The molecule has 0 aromatic rings. The van der Waals surface area contributed by atoms with Crippen molar-refractivity contribution >= 4 is 11.9 Å². The number of imide groups is 1. The van der Waals surface area contributed by atoms with Gasteiger partial charge < -0.3 is 10.2 Å². The Hall–Kier alpha value is -1.14. The Morgan fingerprint density at radius 2 is 1.75 bits per heavy atom. The highest BCUT2D eigenvalue weighted by Crippen LogP contribution is 2.12. The minimum Gasteiger partial charge on any atom is -0.379 e. The molecule has 0 unspecified atom stereocenters. The van der Waals surface area contributed by atoms with Gasteiger partial charge in [0.1, 0.15) is 0 Å². The van der Waals surface area contributed by atoms with Crippen LogP contribution in [-0.2, 0) is 4.79 Å². The number of aliphatic hydroxyl groups excluding tert-OH is 2. The number of carbonyl (C=O) groups is 2. The van der Waals surface area contributed by atoms with E-state index in [-0.39, 0.29) is 0 Å². The summed E-state index contributed by atoms with van der Waals surface area (Å²) in [6.45, 7) is 0. The summed E-state index contributed by atoms with van der Waals surface area (Å²) in [6.07, 6.45) is -2.99. The number of hydrogen-bond acceptors (Lipinski definition) is 4. The molecule has 1 aliphatic heterocycles. The van der Waals surface area contributed by atoms with Crippen LogP contribution in [0.4, 0.5) is 4.79 Å². The van der Waals surface area contributed by atoms with Crippen LogP contribution in [0.15, 0.2) is 0 Å². The summed E-state index contributed by atoms with van der Waals surface area (Å²) in [7, 11) is 2.55. The first-order chi connectivity index (χ1) is 5.46. The van der Waals surface area contributed by atoms with Crippen LogP contribution < -0.4 is 0 Å². The fourth-order valence-electron chi connectivity index (χ4n) is 0.982. The first-order valence-electron chi connectivity index (χ1n) is 3.37. The fraction of sp³-hybridized carbons (Fsp3) is 0.667. The van der Waals surface area contributed by atoms with Crippen molar-refractivity contribution in [3.8, 4) is 0 Å². The Kier molecular flexibility index (Phi) is 2.03. The smallest absolute Gasteiger partial charge is 0.328 e. The fourth-order valence-corrected chi connectivity index (χ4v) is 0.982. The van der Waals surface area contributed by atoms with Crippen LogP contribution in [0.2, 0.25) is 0 Å². The normalized spacial score (nSPS) is 31.3. The van der Waals surface area contributed by atoms with E-state index in [2.05, 4.69) is 0 Å². The SMILES string of the molecule is CN1C(=O)[C@@H](O)[C@@H](O)N(C)C1=O. The molecule has 2 atom stereocenters. The average molecular weight is 174 g/mol. The van der Waals surface area contributed by atoms with Gasteiger partial charge in [-0.2, -0.15) is 0 Å². The molecule has 6 heteroatoms. The number of likely N-dealkylation sites (N-methyl/N-ethyl adjacent to an activating group) is 2. The zero-order chi connectivity index (χ0) is 9.46. The van der Waals surface area contributed by atoms with Crippen molar-refractivity contribution in [2.24, 2.45) is 0 Å². The Bertz CT molecular complexity index is 208. The number of urea groups is 1. The zero-order valence-corrected chi connectivity index (χ0v) is 6.76. The summed E-state index contributed by atoms with van der Waals surface area (Å²) >= 11 is 0. The van der Waals surface area contributed by atoms with Crippen molar-refractivity contribution in [1.82, 2.24) is 9.80 Å². The summed E-state index contributed by atoms with van der Waals surface area (Å²) in [4.78, 5) is 23.7. The highest BCUT2D eigenvalue weighted by atomic mass is 16.4. The molecule has 2 N–H and O–H groups in total. The van der Waals surface area contributed by atoms with E-state index in [1.165, 1.54) is 14.1 Å². The maximum atomic E-state index is 11.1. The molecule has 0 saturated carbocycles. The Morgan fingerprint density at radius 1 is 1.25 bits per heavy atom. The van der Waals surface area contributed by atoms with E-state index in [9.17, 15) is 9.59 Å². The Labute approximate surface area is 69.0 Å². The van der Waals surface area contributed by atoms with E-state index in [0.717, 1.165) is 9.80 Å². The number of carbonyl (C=O) groups excluding carboxylic acids is 2. The summed E-state index contributed by atoms with van der Waals surface area (Å²) in [6, 6.07) is -0.627. The third kappa shape index (κ3) is 1.05. The van der Waals surface area contributed by atoms with Crippen LogP contribution in [0.25, 0.3) is 0 Å². The molecule has 0 aromatic heterocycles. The second kappa shape index (κ2) is 2.72. The van der Waals surface area contributed by atoms with Crippen LogP contribution in [0.5, 0.6) is 0 Å². The van der Waals surface area contributed by atoms with E-state index < -0.39 is 24.3 Å². The Balaban J connectivity index is 2.91. The van der Waals surface area contributed by atoms with E-state index in [4.69, 9.17) is 10.2 Å². The molecule has 1 fully saturated rings. The van der Waals surface area contributed by atoms with Gasteiger partial charge in [0.25, 0.3) is 5.91 Å². The minimum atomic E-state index is -1.54. The zero-order valence-electron chi connectivity index (χ0n) is 6.76. The lowest BCUT2D eigenvalue weighted by Gasteiger charge is -2.36. The molecule has 1 aliphatic rings. The topological polar surface area (TPSA) is 81.1 Å². The molecule has 0 bridgehead atoms. The van der Waals surface area contributed by atoms with Gasteiger partial charge >= 0.3 is 6.03 Å². The van der Waals surface area contributed by atoms with Crippen molar-refractivity contribution in [3.05, 3.63) is 0 Å². The molecule has 1 saturated heterocycles. The third-order valence-electron chi connectivity index (χ3n) is 1.85. The molecule has 3 amide bonds. The maximum Gasteiger partial charge on any atom is 0.328 e. The van der Waals surface area contributed by atoms with Crippen molar-refractivity contribution in [2.45, 2.75) is 12.3 Å². The van der Waals surface area contributed by atoms with E-state index >= 15 is 0 Å². The number of hydrogen-bond donors (Lipinski definition) is 2. The van der Waals surface area contributed by atoms with Crippen molar-refractivity contribution < 1.29 is 19.8 Å². The number of nitrogens with zero attached hydrogens (tertiary/aromatic N) is 2. The lowest BCUT2D eigenvalue weighted by atomic mass is 10.2. The van der Waals surface area contributed by atoms with Crippen LogP contribution in [-0.4, -0.2) is 58.4 Å². The predicted molar refractivity (Wildman–Crippen MR) is 37.9 cm³/mol. The van der Waals surface area contributed by atoms with Gasteiger partial charge in [-0.15, -0.1) is 0 Å². The Morgan fingerprint density at radius 3 is 2.25 bits per heavy atom. The van der Waals surface area contributed by atoms with Gasteiger partial charge in [0.2, 0.25) is 0 Å². The van der Waals surface area contributed by atoms with Gasteiger partial charge in [0.05, 0.1) is 0 Å². The molecule has 1 rings (SSSR count). The van der Waals surface area contributed by atoms with Crippen LogP contribution in [0.1, 0.15) is 0 Å². The largest absolute Gasteiger partial charge is 0.379 e. The van der Waals surface area contributed by atoms with Crippen molar-refractivity contribution in [2.75, 3.05) is 14.1 Å². The molecular weight excluding hydrogens is 164 g/mol. The molecule has 0 aromatic carbocycles. The number of aliphatic hydroxyl groups is 2. The molecule has 1 heterocycles. The molecule has 0 aliphatic carbocycles. The molecule has 68 valence electrons. The van der Waals surface area contributed by atoms with Gasteiger partial charge in [-0.05, 0) is 0 Å². The lowest BCUT2D eigenvalue weighted by Crippen LogP contribution is -2.61. The van der Waals surface area contributed by atoms with Crippen LogP contribution in [0, 0.1) is 0 Å². The predicted octanol–water partition coefficient (Wildman–Crippen LogP) is -1.81. The van der Waals surface area contributed by atoms with Gasteiger partial charge in [0.15, 0.2) is 12.3 Å². The van der Waals surface area contributed by atoms with Gasteiger partial charge in [0, 0.05) is 14.1 Å². The summed E-state index contributed by atoms with van der Waals surface area (Å²) in [5.41, 5.74) is 0. The van der Waals surface area contributed by atoms with Gasteiger partial charge in [-0.3, -0.25) is 14.6 Å². The van der Waals surface area contributed by atoms with E-state index in [1.54, 1.807) is 0 Å². The second-order valence-electron chi connectivity index (χ2n) is 2.65. The van der Waals surface area contributed by atoms with Crippen molar-refractivity contribution in [1.29, 1.82) is 0 Å². The first-order valence-corrected chi connectivity index (χ1v) is 3.37. The minimum absolute atomic E-state index is 0.627. The van der Waals surface area contributed by atoms with Crippen LogP contribution >= 0.6 is 0 Å². The lowest BCUT2D eigenvalue weighted by molar-refractivity contribution is -0.156. The molecule has 0 radical (unpaired) electrons. The van der Waals surface area contributed by atoms with Crippen molar-refractivity contribution in [3.63, 3.8) is 0 Å². The number of rotatable bonds is 0. The van der Waals surface area contributed by atoms with Gasteiger partial charge in [-0.25, -0.2) is 4.79 Å². The van der Waals surface area contributed by atoms with E-state index in [0.29, 0.717) is 0 Å². The molecule has 12 heavy (non-hydrogen) atoms. The molecule has 6 nitrogen and oxygen atoms in total. The highest BCUT2D eigenvalue weighted by molar-refractivity contribution is 5.99. The average Bonchev–Trinajstić information content (AvgIpc) is 2.08. The maximum absolute atomic E-state index is 11.1. The molecule has 0 spiro atoms. The second-order valence-corrected chi connectivity index (χ2v) is 2.65. The first kappa shape index (κ1) is 8.95. The summed E-state index contributed by atoms with van der Waals surface area (Å²) in [5, 5.41) is 18.2. The quantitative estimate of drug-likeness (QED) is 0.453. The van der Waals surface area contributed by atoms with Crippen LogP contribution in [0.3, 0.4) is 0 Å². The summed E-state index contributed by atoms with van der Waals surface area (Å²) < 4.78 is 0. The molecular formula is C6H10N2O4. The van der Waals surface area contributed by atoms with Gasteiger partial charge in [-0.1, -0.05) is 0 Å². The monoisotopic (exact) mass is 174 g/mol. The summed E-state index contributed by atoms with van der Waals surface area (Å²) in [5.74, 6) is -0.786. The standard InChI is InChI=1S/C6H10N2O4/c1-7-4(10)3(9)5(11)8(2)6(7)12/h3-4,9-10H,1-2H3/t3-,4+/m0/s1. The third-order valence-corrected chi connectivity index (χ3v) is 1.85. The number of amides is 3.